The zero-order valence-corrected chi connectivity index (χ0v) is 7.07. The SMILES string of the molecule is CCCc1ccc2ncnn2c1. The van der Waals surface area contributed by atoms with Crippen molar-refractivity contribution in [2.24, 2.45) is 0 Å². The Kier molecular flexibility index (Phi) is 1.78. The molecule has 0 unspecified atom stereocenters. The van der Waals surface area contributed by atoms with Crippen LogP contribution >= 0.6 is 0 Å². The molecule has 0 fully saturated rings. The number of nitrogens with zero attached hydrogens (tertiary/aromatic N) is 3. The predicted molar refractivity (Wildman–Crippen MR) is 47.0 cm³/mol. The van der Waals surface area contributed by atoms with Gasteiger partial charge in [0.2, 0.25) is 0 Å². The van der Waals surface area contributed by atoms with Gasteiger partial charge in [-0.05, 0) is 18.1 Å². The molecule has 0 saturated carbocycles. The Morgan fingerprint density at radius 1 is 1.42 bits per heavy atom. The van der Waals surface area contributed by atoms with Gasteiger partial charge >= 0.3 is 0 Å². The highest BCUT2D eigenvalue weighted by Gasteiger charge is 1.95. The van der Waals surface area contributed by atoms with Gasteiger partial charge in [0.25, 0.3) is 0 Å². The molecule has 0 saturated heterocycles. The average Bonchev–Trinajstić information content (AvgIpc) is 2.51. The molecule has 0 atom stereocenters. The number of rotatable bonds is 2. The molecule has 3 heteroatoms. The molecule has 0 aliphatic heterocycles. The Balaban J connectivity index is 2.46. The van der Waals surface area contributed by atoms with Crippen molar-refractivity contribution in [2.45, 2.75) is 19.8 Å². The molecule has 2 heterocycles. The number of pyridine rings is 1. The molecule has 62 valence electrons. The average molecular weight is 161 g/mol. The van der Waals surface area contributed by atoms with E-state index in [1.807, 2.05) is 16.8 Å². The Hall–Kier alpha value is -1.38. The Bertz CT molecular complexity index is 378. The third-order valence-electron chi connectivity index (χ3n) is 1.87. The molecular weight excluding hydrogens is 150 g/mol. The summed E-state index contributed by atoms with van der Waals surface area (Å²) in [5, 5.41) is 4.07. The summed E-state index contributed by atoms with van der Waals surface area (Å²) in [6.07, 6.45) is 5.88. The third kappa shape index (κ3) is 1.18. The van der Waals surface area contributed by atoms with Gasteiger partial charge in [0.05, 0.1) is 0 Å². The van der Waals surface area contributed by atoms with Gasteiger partial charge in [-0.25, -0.2) is 9.50 Å². The van der Waals surface area contributed by atoms with Crippen molar-refractivity contribution in [1.29, 1.82) is 0 Å². The normalized spacial score (nSPS) is 10.8. The summed E-state index contributed by atoms with van der Waals surface area (Å²) in [5.74, 6) is 0. The van der Waals surface area contributed by atoms with E-state index in [0.29, 0.717) is 0 Å². The first-order valence-electron chi connectivity index (χ1n) is 4.18. The fourth-order valence-electron chi connectivity index (χ4n) is 1.30. The van der Waals surface area contributed by atoms with E-state index in [1.165, 1.54) is 12.0 Å². The lowest BCUT2D eigenvalue weighted by Gasteiger charge is -1.97. The number of hydrogen-bond acceptors (Lipinski definition) is 2. The quantitative estimate of drug-likeness (QED) is 0.670. The zero-order chi connectivity index (χ0) is 8.39. The highest BCUT2D eigenvalue weighted by Crippen LogP contribution is 2.04. The van der Waals surface area contributed by atoms with Crippen LogP contribution < -0.4 is 0 Å². The van der Waals surface area contributed by atoms with Gasteiger partial charge < -0.3 is 0 Å². The molecule has 2 rings (SSSR count). The summed E-state index contributed by atoms with van der Waals surface area (Å²) in [7, 11) is 0. The lowest BCUT2D eigenvalue weighted by atomic mass is 10.2. The molecule has 0 aliphatic carbocycles. The van der Waals surface area contributed by atoms with Crippen molar-refractivity contribution >= 4 is 5.65 Å². The molecule has 3 nitrogen and oxygen atoms in total. The summed E-state index contributed by atoms with van der Waals surface area (Å²) >= 11 is 0. The topological polar surface area (TPSA) is 30.2 Å². The van der Waals surface area contributed by atoms with Crippen LogP contribution in [-0.4, -0.2) is 14.6 Å². The molecule has 0 amide bonds. The van der Waals surface area contributed by atoms with Crippen molar-refractivity contribution < 1.29 is 0 Å². The van der Waals surface area contributed by atoms with Crippen LogP contribution in [0.1, 0.15) is 18.9 Å². The van der Waals surface area contributed by atoms with E-state index in [9.17, 15) is 0 Å². The van der Waals surface area contributed by atoms with Crippen molar-refractivity contribution in [3.8, 4) is 0 Å². The molecule has 2 aromatic heterocycles. The molecule has 2 aromatic rings. The first kappa shape index (κ1) is 7.28. The number of hydrogen-bond donors (Lipinski definition) is 0. The minimum Gasteiger partial charge on any atom is -0.221 e. The number of fused-ring (bicyclic) bond motifs is 1. The fraction of sp³-hybridized carbons (Fsp3) is 0.333. The Labute approximate surface area is 71.1 Å². The minimum atomic E-state index is 0.912. The van der Waals surface area contributed by atoms with Gasteiger partial charge in [0.15, 0.2) is 5.65 Å². The largest absolute Gasteiger partial charge is 0.221 e. The number of aryl methyl sites for hydroxylation is 1. The standard InChI is InChI=1S/C9H11N3/c1-2-3-8-4-5-9-10-7-11-12(9)6-8/h4-7H,2-3H2,1H3. The minimum absolute atomic E-state index is 0.912. The monoisotopic (exact) mass is 161 g/mol. The van der Waals surface area contributed by atoms with E-state index in [0.717, 1.165) is 12.1 Å². The Morgan fingerprint density at radius 2 is 2.33 bits per heavy atom. The van der Waals surface area contributed by atoms with E-state index in [2.05, 4.69) is 23.1 Å². The van der Waals surface area contributed by atoms with Gasteiger partial charge in [-0.3, -0.25) is 0 Å². The first-order chi connectivity index (χ1) is 5.90. The van der Waals surface area contributed by atoms with Gasteiger partial charge in [-0.15, -0.1) is 0 Å². The van der Waals surface area contributed by atoms with Gasteiger partial charge in [0, 0.05) is 6.20 Å². The van der Waals surface area contributed by atoms with E-state index in [1.54, 1.807) is 6.33 Å². The van der Waals surface area contributed by atoms with Crippen LogP contribution in [0.2, 0.25) is 0 Å². The van der Waals surface area contributed by atoms with Crippen LogP contribution in [0.4, 0.5) is 0 Å². The van der Waals surface area contributed by atoms with E-state index >= 15 is 0 Å². The highest BCUT2D eigenvalue weighted by molar-refractivity contribution is 5.37. The van der Waals surface area contributed by atoms with Crippen LogP contribution in [0, 0.1) is 0 Å². The summed E-state index contributed by atoms with van der Waals surface area (Å²) in [4.78, 5) is 4.07. The second kappa shape index (κ2) is 2.93. The Morgan fingerprint density at radius 3 is 3.17 bits per heavy atom. The maximum Gasteiger partial charge on any atom is 0.155 e. The molecule has 0 spiro atoms. The van der Waals surface area contributed by atoms with Crippen molar-refractivity contribution in [3.63, 3.8) is 0 Å². The van der Waals surface area contributed by atoms with Gasteiger partial charge in [-0.2, -0.15) is 5.10 Å². The van der Waals surface area contributed by atoms with Crippen LogP contribution in [0.15, 0.2) is 24.7 Å². The van der Waals surface area contributed by atoms with Gasteiger partial charge in [0.1, 0.15) is 6.33 Å². The summed E-state index contributed by atoms with van der Waals surface area (Å²) in [6, 6.07) is 4.10. The van der Waals surface area contributed by atoms with Crippen LogP contribution in [0.3, 0.4) is 0 Å². The second-order valence-corrected chi connectivity index (χ2v) is 2.85. The second-order valence-electron chi connectivity index (χ2n) is 2.85. The number of aromatic nitrogens is 3. The van der Waals surface area contributed by atoms with Crippen LogP contribution in [0.25, 0.3) is 5.65 Å². The molecular formula is C9H11N3. The molecule has 0 N–H and O–H groups in total. The molecule has 0 aliphatic rings. The summed E-state index contributed by atoms with van der Waals surface area (Å²) < 4.78 is 1.81. The molecule has 12 heavy (non-hydrogen) atoms. The maximum atomic E-state index is 4.07. The first-order valence-corrected chi connectivity index (χ1v) is 4.18. The highest BCUT2D eigenvalue weighted by atomic mass is 15.3. The smallest absolute Gasteiger partial charge is 0.155 e. The maximum absolute atomic E-state index is 4.07. The molecule has 0 bridgehead atoms. The van der Waals surface area contributed by atoms with E-state index < -0.39 is 0 Å². The summed E-state index contributed by atoms with van der Waals surface area (Å²) in [6.45, 7) is 2.17. The molecule has 0 aromatic carbocycles. The van der Waals surface area contributed by atoms with E-state index in [4.69, 9.17) is 0 Å². The van der Waals surface area contributed by atoms with Crippen molar-refractivity contribution in [2.75, 3.05) is 0 Å². The fourth-order valence-corrected chi connectivity index (χ4v) is 1.30. The lowest BCUT2D eigenvalue weighted by Crippen LogP contribution is -1.90. The molecule has 0 radical (unpaired) electrons. The van der Waals surface area contributed by atoms with Crippen molar-refractivity contribution in [3.05, 3.63) is 30.2 Å². The van der Waals surface area contributed by atoms with Gasteiger partial charge in [-0.1, -0.05) is 19.4 Å². The summed E-state index contributed by atoms with van der Waals surface area (Å²) in [5.41, 5.74) is 2.23. The zero-order valence-electron chi connectivity index (χ0n) is 7.07. The third-order valence-corrected chi connectivity index (χ3v) is 1.87. The van der Waals surface area contributed by atoms with Crippen molar-refractivity contribution in [1.82, 2.24) is 14.6 Å². The van der Waals surface area contributed by atoms with Crippen LogP contribution in [-0.2, 0) is 6.42 Å². The van der Waals surface area contributed by atoms with Crippen LogP contribution in [0.5, 0.6) is 0 Å². The van der Waals surface area contributed by atoms with E-state index in [-0.39, 0.29) is 0 Å². The predicted octanol–water partition coefficient (Wildman–Crippen LogP) is 1.68. The lowest BCUT2D eigenvalue weighted by molar-refractivity contribution is 0.881.